The van der Waals surface area contributed by atoms with E-state index >= 15 is 0 Å². The van der Waals surface area contributed by atoms with E-state index in [1.807, 2.05) is 6.07 Å². The van der Waals surface area contributed by atoms with Crippen LogP contribution in [0.5, 0.6) is 0 Å². The summed E-state index contributed by atoms with van der Waals surface area (Å²) in [5.74, 6) is -1.06. The number of allylic oxidation sites excluding steroid dienone is 3. The Balaban J connectivity index is 2.10. The molecule has 0 aliphatic heterocycles. The molecule has 112 valence electrons. The zero-order chi connectivity index (χ0) is 16.2. The van der Waals surface area contributed by atoms with Crippen LogP contribution in [0, 0.1) is 0 Å². The summed E-state index contributed by atoms with van der Waals surface area (Å²) in [6.07, 6.45) is 3.57. The predicted octanol–water partition coefficient (Wildman–Crippen LogP) is 2.93. The first-order valence-electron chi connectivity index (χ1n) is 7.09. The van der Waals surface area contributed by atoms with E-state index in [4.69, 9.17) is 0 Å². The molecule has 0 saturated heterocycles. The lowest BCUT2D eigenvalue weighted by Crippen LogP contribution is -2.34. The minimum Gasteiger partial charge on any atom is -0.290 e. The van der Waals surface area contributed by atoms with E-state index in [9.17, 15) is 14.4 Å². The van der Waals surface area contributed by atoms with E-state index in [1.54, 1.807) is 54.6 Å². The molecule has 0 aromatic heterocycles. The van der Waals surface area contributed by atoms with Gasteiger partial charge in [-0.25, -0.2) is 0 Å². The number of para-hydroxylation sites is 1. The van der Waals surface area contributed by atoms with Gasteiger partial charge in [-0.1, -0.05) is 36.4 Å². The van der Waals surface area contributed by atoms with Crippen LogP contribution in [0.2, 0.25) is 0 Å². The first kappa shape index (κ1) is 14.7. The summed E-state index contributed by atoms with van der Waals surface area (Å²) in [6.45, 7) is 0. The molecule has 0 unspecified atom stereocenters. The number of anilines is 1. The second-order valence-electron chi connectivity index (χ2n) is 4.97. The molecular formula is C19H13NO3. The maximum absolute atomic E-state index is 12.9. The summed E-state index contributed by atoms with van der Waals surface area (Å²) in [6, 6.07) is 17.4. The first-order valence-corrected chi connectivity index (χ1v) is 7.09. The van der Waals surface area contributed by atoms with Gasteiger partial charge in [0.1, 0.15) is 5.70 Å². The highest BCUT2D eigenvalue weighted by atomic mass is 16.2. The van der Waals surface area contributed by atoms with E-state index < -0.39 is 0 Å². The summed E-state index contributed by atoms with van der Waals surface area (Å²) >= 11 is 0. The molecule has 0 bridgehead atoms. The SMILES string of the molecule is O=C1C=CC(=O)C(N(C(=O)c2ccccc2)c2ccccc2)=C1. The zero-order valence-corrected chi connectivity index (χ0v) is 12.2. The van der Waals surface area contributed by atoms with Crippen molar-refractivity contribution in [1.82, 2.24) is 0 Å². The molecule has 0 atom stereocenters. The van der Waals surface area contributed by atoms with E-state index in [0.717, 1.165) is 0 Å². The van der Waals surface area contributed by atoms with E-state index in [1.165, 1.54) is 23.1 Å². The zero-order valence-electron chi connectivity index (χ0n) is 12.2. The number of benzene rings is 2. The monoisotopic (exact) mass is 303 g/mol. The van der Waals surface area contributed by atoms with Gasteiger partial charge in [-0.05, 0) is 36.4 Å². The van der Waals surface area contributed by atoms with Crippen molar-refractivity contribution in [2.45, 2.75) is 0 Å². The summed E-state index contributed by atoms with van der Waals surface area (Å²) in [7, 11) is 0. The number of hydrogen-bond acceptors (Lipinski definition) is 3. The smallest absolute Gasteiger partial charge is 0.262 e. The number of ketones is 2. The van der Waals surface area contributed by atoms with Crippen molar-refractivity contribution in [3.05, 3.63) is 90.2 Å². The van der Waals surface area contributed by atoms with Crippen molar-refractivity contribution in [1.29, 1.82) is 0 Å². The highest BCUT2D eigenvalue weighted by Gasteiger charge is 2.27. The van der Waals surface area contributed by atoms with E-state index in [2.05, 4.69) is 0 Å². The topological polar surface area (TPSA) is 54.5 Å². The molecule has 0 fully saturated rings. The molecule has 3 rings (SSSR count). The average molecular weight is 303 g/mol. The number of nitrogens with zero attached hydrogens (tertiary/aromatic N) is 1. The predicted molar refractivity (Wildman–Crippen MR) is 86.9 cm³/mol. The van der Waals surface area contributed by atoms with Crippen LogP contribution in [-0.4, -0.2) is 17.5 Å². The maximum atomic E-state index is 12.9. The third-order valence-electron chi connectivity index (χ3n) is 3.41. The van der Waals surface area contributed by atoms with Crippen LogP contribution in [0.3, 0.4) is 0 Å². The normalized spacial score (nSPS) is 13.7. The van der Waals surface area contributed by atoms with Crippen molar-refractivity contribution in [2.75, 3.05) is 4.90 Å². The summed E-state index contributed by atoms with van der Waals surface area (Å²) in [5, 5.41) is 0. The Morgan fingerprint density at radius 3 is 2.04 bits per heavy atom. The molecule has 2 aromatic carbocycles. The van der Waals surface area contributed by atoms with Crippen LogP contribution in [0.1, 0.15) is 10.4 Å². The van der Waals surface area contributed by atoms with Crippen molar-refractivity contribution < 1.29 is 14.4 Å². The van der Waals surface area contributed by atoms with Gasteiger partial charge < -0.3 is 0 Å². The van der Waals surface area contributed by atoms with Gasteiger partial charge >= 0.3 is 0 Å². The number of carbonyl (C=O) groups is 3. The van der Waals surface area contributed by atoms with Gasteiger partial charge in [0.15, 0.2) is 5.78 Å². The molecular weight excluding hydrogens is 290 g/mol. The third-order valence-corrected chi connectivity index (χ3v) is 3.41. The van der Waals surface area contributed by atoms with Gasteiger partial charge in [0, 0.05) is 17.3 Å². The molecule has 1 aliphatic carbocycles. The lowest BCUT2D eigenvalue weighted by molar-refractivity contribution is -0.114. The van der Waals surface area contributed by atoms with Crippen LogP contribution in [-0.2, 0) is 9.59 Å². The van der Waals surface area contributed by atoms with Gasteiger partial charge in [0.2, 0.25) is 5.78 Å². The summed E-state index contributed by atoms with van der Waals surface area (Å²) in [4.78, 5) is 38.0. The van der Waals surface area contributed by atoms with Gasteiger partial charge in [-0.15, -0.1) is 0 Å². The molecule has 0 heterocycles. The minimum absolute atomic E-state index is 0.0533. The molecule has 0 saturated carbocycles. The van der Waals surface area contributed by atoms with Crippen LogP contribution >= 0.6 is 0 Å². The Hall–Kier alpha value is -3.27. The fourth-order valence-electron chi connectivity index (χ4n) is 2.32. The first-order chi connectivity index (χ1) is 11.2. The summed E-state index contributed by atoms with van der Waals surface area (Å²) < 4.78 is 0. The minimum atomic E-state index is -0.377. The van der Waals surface area contributed by atoms with E-state index in [0.29, 0.717) is 11.3 Å². The molecule has 0 N–H and O–H groups in total. The largest absolute Gasteiger partial charge is 0.290 e. The Bertz CT molecular complexity index is 820. The van der Waals surface area contributed by atoms with Crippen molar-refractivity contribution in [2.24, 2.45) is 0 Å². The third kappa shape index (κ3) is 3.01. The van der Waals surface area contributed by atoms with Crippen LogP contribution < -0.4 is 4.90 Å². The van der Waals surface area contributed by atoms with Gasteiger partial charge in [0.05, 0.1) is 0 Å². The highest BCUT2D eigenvalue weighted by Crippen LogP contribution is 2.24. The molecule has 4 heteroatoms. The highest BCUT2D eigenvalue weighted by molar-refractivity contribution is 6.24. The van der Waals surface area contributed by atoms with Gasteiger partial charge in [-0.2, -0.15) is 0 Å². The van der Waals surface area contributed by atoms with Crippen LogP contribution in [0.25, 0.3) is 0 Å². The van der Waals surface area contributed by atoms with Crippen molar-refractivity contribution in [3.63, 3.8) is 0 Å². The molecule has 0 spiro atoms. The number of carbonyl (C=O) groups excluding carboxylic acids is 3. The summed E-state index contributed by atoms with van der Waals surface area (Å²) in [5.41, 5.74) is 1.02. The second kappa shape index (κ2) is 6.23. The van der Waals surface area contributed by atoms with Crippen molar-refractivity contribution in [3.8, 4) is 0 Å². The average Bonchev–Trinajstić information content (AvgIpc) is 2.60. The number of rotatable bonds is 3. The quantitative estimate of drug-likeness (QED) is 0.819. The lowest BCUT2D eigenvalue weighted by Gasteiger charge is -2.25. The molecule has 0 radical (unpaired) electrons. The molecule has 2 aromatic rings. The lowest BCUT2D eigenvalue weighted by atomic mass is 10.1. The fourth-order valence-corrected chi connectivity index (χ4v) is 2.32. The molecule has 4 nitrogen and oxygen atoms in total. The van der Waals surface area contributed by atoms with Crippen LogP contribution in [0.4, 0.5) is 5.69 Å². The van der Waals surface area contributed by atoms with Crippen molar-refractivity contribution >= 4 is 23.2 Å². The molecule has 23 heavy (non-hydrogen) atoms. The molecule has 1 amide bonds. The maximum Gasteiger partial charge on any atom is 0.262 e. The van der Waals surface area contributed by atoms with Gasteiger partial charge in [-0.3, -0.25) is 19.3 Å². The van der Waals surface area contributed by atoms with E-state index in [-0.39, 0.29) is 23.2 Å². The van der Waals surface area contributed by atoms with Gasteiger partial charge in [0.25, 0.3) is 5.91 Å². The second-order valence-corrected chi connectivity index (χ2v) is 4.97. The number of hydrogen-bond donors (Lipinski definition) is 0. The Morgan fingerprint density at radius 2 is 1.39 bits per heavy atom. The fraction of sp³-hybridized carbons (Fsp3) is 0. The Labute approximate surface area is 133 Å². The van der Waals surface area contributed by atoms with Crippen LogP contribution in [0.15, 0.2) is 84.6 Å². The standard InChI is InChI=1S/C19H13NO3/c21-16-11-12-18(22)17(13-16)20(15-9-5-2-6-10-15)19(23)14-7-3-1-4-8-14/h1-13H. The Kier molecular flexibility index (Phi) is 3.97. The molecule has 1 aliphatic rings. The Morgan fingerprint density at radius 1 is 0.783 bits per heavy atom. The number of amides is 1.